The average molecular weight is 442 g/mol. The van der Waals surface area contributed by atoms with Gasteiger partial charge in [-0.1, -0.05) is 36.4 Å². The largest absolute Gasteiger partial charge is 0.293 e. The number of amides is 1. The van der Waals surface area contributed by atoms with Crippen LogP contribution in [0.1, 0.15) is 27.2 Å². The SMILES string of the molecule is Cc1ccccc1/C=N/NC(=O)c1nn(Cc2ccc([N+](=O)[O-])cc2)cc1Br. The van der Waals surface area contributed by atoms with E-state index in [1.807, 2.05) is 31.2 Å². The minimum absolute atomic E-state index is 0.0250. The number of aryl methyl sites for hydroxylation is 1. The van der Waals surface area contributed by atoms with Gasteiger partial charge >= 0.3 is 0 Å². The lowest BCUT2D eigenvalue weighted by molar-refractivity contribution is -0.384. The molecule has 0 saturated carbocycles. The molecule has 0 spiro atoms. The molecular weight excluding hydrogens is 426 g/mol. The molecule has 0 aliphatic carbocycles. The van der Waals surface area contributed by atoms with Gasteiger partial charge in [-0.05, 0) is 39.5 Å². The van der Waals surface area contributed by atoms with Crippen LogP contribution in [0.5, 0.6) is 0 Å². The number of hydrogen-bond acceptors (Lipinski definition) is 5. The van der Waals surface area contributed by atoms with Crippen LogP contribution >= 0.6 is 15.9 Å². The molecule has 1 N–H and O–H groups in total. The second kappa shape index (κ2) is 8.57. The molecule has 3 aromatic rings. The van der Waals surface area contributed by atoms with Crippen molar-refractivity contribution in [3.05, 3.63) is 91.7 Å². The fraction of sp³-hybridized carbons (Fsp3) is 0.105. The normalized spacial score (nSPS) is 10.9. The number of non-ortho nitro benzene ring substituents is 1. The van der Waals surface area contributed by atoms with Gasteiger partial charge in [-0.25, -0.2) is 5.43 Å². The first-order valence-corrected chi connectivity index (χ1v) is 9.08. The third-order valence-corrected chi connectivity index (χ3v) is 4.56. The highest BCUT2D eigenvalue weighted by Crippen LogP contribution is 2.17. The van der Waals surface area contributed by atoms with E-state index in [1.54, 1.807) is 29.2 Å². The fourth-order valence-electron chi connectivity index (χ4n) is 2.49. The van der Waals surface area contributed by atoms with E-state index in [0.29, 0.717) is 11.0 Å². The molecule has 0 aliphatic heterocycles. The molecule has 142 valence electrons. The van der Waals surface area contributed by atoms with Gasteiger partial charge in [0.15, 0.2) is 5.69 Å². The van der Waals surface area contributed by atoms with Crippen LogP contribution in [-0.2, 0) is 6.54 Å². The number of carbonyl (C=O) groups excluding carboxylic acids is 1. The lowest BCUT2D eigenvalue weighted by Crippen LogP contribution is -2.19. The Morgan fingerprint density at radius 1 is 1.29 bits per heavy atom. The highest BCUT2D eigenvalue weighted by molar-refractivity contribution is 9.10. The van der Waals surface area contributed by atoms with Crippen molar-refractivity contribution in [2.45, 2.75) is 13.5 Å². The van der Waals surface area contributed by atoms with E-state index in [-0.39, 0.29) is 11.4 Å². The van der Waals surface area contributed by atoms with Crippen LogP contribution < -0.4 is 5.43 Å². The Balaban J connectivity index is 1.66. The molecule has 1 heterocycles. The first-order valence-electron chi connectivity index (χ1n) is 8.29. The molecule has 1 amide bonds. The minimum atomic E-state index is -0.450. The highest BCUT2D eigenvalue weighted by atomic mass is 79.9. The van der Waals surface area contributed by atoms with Crippen LogP contribution in [0.3, 0.4) is 0 Å². The number of carbonyl (C=O) groups is 1. The summed E-state index contributed by atoms with van der Waals surface area (Å²) in [5, 5.41) is 19.0. The molecule has 1 aromatic heterocycles. The number of hydrazone groups is 1. The molecule has 0 bridgehead atoms. The maximum absolute atomic E-state index is 12.3. The molecule has 3 rings (SSSR count). The lowest BCUT2D eigenvalue weighted by atomic mass is 10.1. The highest BCUT2D eigenvalue weighted by Gasteiger charge is 2.15. The van der Waals surface area contributed by atoms with Crippen LogP contribution in [0.2, 0.25) is 0 Å². The van der Waals surface area contributed by atoms with Crippen LogP contribution in [0, 0.1) is 17.0 Å². The van der Waals surface area contributed by atoms with Gasteiger partial charge in [-0.2, -0.15) is 10.2 Å². The summed E-state index contributed by atoms with van der Waals surface area (Å²) in [7, 11) is 0. The maximum atomic E-state index is 12.3. The number of rotatable bonds is 6. The summed E-state index contributed by atoms with van der Waals surface area (Å²) in [6, 6.07) is 13.9. The van der Waals surface area contributed by atoms with Gasteiger partial charge in [0.25, 0.3) is 11.6 Å². The molecule has 0 unspecified atom stereocenters. The smallest absolute Gasteiger partial charge is 0.266 e. The summed E-state index contributed by atoms with van der Waals surface area (Å²) in [5.41, 5.74) is 5.47. The zero-order valence-corrected chi connectivity index (χ0v) is 16.5. The van der Waals surface area contributed by atoms with Gasteiger partial charge in [0, 0.05) is 18.3 Å². The van der Waals surface area contributed by atoms with E-state index in [2.05, 4.69) is 31.6 Å². The molecule has 28 heavy (non-hydrogen) atoms. The Bertz CT molecular complexity index is 1040. The number of nitrogens with zero attached hydrogens (tertiary/aromatic N) is 4. The average Bonchev–Trinajstić information content (AvgIpc) is 3.04. The maximum Gasteiger partial charge on any atom is 0.293 e. The second-order valence-electron chi connectivity index (χ2n) is 6.00. The third kappa shape index (κ3) is 4.68. The topological polar surface area (TPSA) is 102 Å². The Kier molecular flexibility index (Phi) is 5.95. The van der Waals surface area contributed by atoms with E-state index < -0.39 is 10.8 Å². The number of nitrogens with one attached hydrogen (secondary N) is 1. The standard InChI is InChI=1S/C19H16BrN5O3/c1-13-4-2-3-5-15(13)10-21-22-19(26)18-17(20)12-24(23-18)11-14-6-8-16(9-7-14)25(27)28/h2-10,12H,11H2,1H3,(H,22,26)/b21-10+. The molecule has 9 heteroatoms. The summed E-state index contributed by atoms with van der Waals surface area (Å²) in [6.07, 6.45) is 3.25. The monoisotopic (exact) mass is 441 g/mol. The number of aromatic nitrogens is 2. The summed E-state index contributed by atoms with van der Waals surface area (Å²) in [6.45, 7) is 2.33. The molecule has 2 aromatic carbocycles. The van der Waals surface area contributed by atoms with Gasteiger partial charge in [0.05, 0.1) is 22.2 Å². The molecular formula is C19H16BrN5O3. The van der Waals surface area contributed by atoms with Crippen LogP contribution in [0.25, 0.3) is 0 Å². The van der Waals surface area contributed by atoms with Crippen molar-refractivity contribution in [3.63, 3.8) is 0 Å². The molecule has 0 fully saturated rings. The fourth-order valence-corrected chi connectivity index (χ4v) is 2.98. The molecule has 8 nitrogen and oxygen atoms in total. The zero-order chi connectivity index (χ0) is 20.1. The molecule has 0 saturated heterocycles. The van der Waals surface area contributed by atoms with Crippen molar-refractivity contribution in [1.29, 1.82) is 0 Å². The van der Waals surface area contributed by atoms with E-state index in [0.717, 1.165) is 16.7 Å². The molecule has 0 radical (unpaired) electrons. The predicted molar refractivity (Wildman–Crippen MR) is 108 cm³/mol. The van der Waals surface area contributed by atoms with Crippen LogP contribution in [0.4, 0.5) is 5.69 Å². The lowest BCUT2D eigenvalue weighted by Gasteiger charge is -2.01. The quantitative estimate of drug-likeness (QED) is 0.358. The first kappa shape index (κ1) is 19.4. The predicted octanol–water partition coefficient (Wildman–Crippen LogP) is 3.67. The molecule has 0 atom stereocenters. The zero-order valence-electron chi connectivity index (χ0n) is 14.9. The van der Waals surface area contributed by atoms with Crippen molar-refractivity contribution >= 4 is 33.7 Å². The van der Waals surface area contributed by atoms with Gasteiger partial charge in [0.2, 0.25) is 0 Å². The van der Waals surface area contributed by atoms with E-state index in [4.69, 9.17) is 0 Å². The summed E-state index contributed by atoms with van der Waals surface area (Å²) in [4.78, 5) is 22.6. The summed E-state index contributed by atoms with van der Waals surface area (Å²) >= 11 is 3.32. The number of halogens is 1. The van der Waals surface area contributed by atoms with Crippen molar-refractivity contribution in [2.24, 2.45) is 5.10 Å². The summed E-state index contributed by atoms with van der Waals surface area (Å²) in [5.74, 6) is -0.445. The summed E-state index contributed by atoms with van der Waals surface area (Å²) < 4.78 is 2.10. The third-order valence-electron chi connectivity index (χ3n) is 3.98. The van der Waals surface area contributed by atoms with E-state index in [1.165, 1.54) is 12.1 Å². The molecule has 0 aliphatic rings. The van der Waals surface area contributed by atoms with E-state index >= 15 is 0 Å². The van der Waals surface area contributed by atoms with Crippen molar-refractivity contribution in [3.8, 4) is 0 Å². The van der Waals surface area contributed by atoms with Crippen LogP contribution in [-0.4, -0.2) is 26.8 Å². The van der Waals surface area contributed by atoms with Crippen molar-refractivity contribution < 1.29 is 9.72 Å². The second-order valence-corrected chi connectivity index (χ2v) is 6.86. The number of nitro groups is 1. The van der Waals surface area contributed by atoms with Crippen molar-refractivity contribution in [2.75, 3.05) is 0 Å². The number of hydrogen-bond donors (Lipinski definition) is 1. The number of benzene rings is 2. The van der Waals surface area contributed by atoms with E-state index in [9.17, 15) is 14.9 Å². The van der Waals surface area contributed by atoms with Gasteiger partial charge in [0.1, 0.15) is 0 Å². The first-order chi connectivity index (χ1) is 13.4. The van der Waals surface area contributed by atoms with Crippen molar-refractivity contribution in [1.82, 2.24) is 15.2 Å². The Morgan fingerprint density at radius 2 is 2.00 bits per heavy atom. The van der Waals surface area contributed by atoms with Crippen LogP contribution in [0.15, 0.2) is 64.3 Å². The van der Waals surface area contributed by atoms with Gasteiger partial charge < -0.3 is 0 Å². The number of nitro benzene ring substituents is 1. The Morgan fingerprint density at radius 3 is 2.68 bits per heavy atom. The Labute approximate surface area is 169 Å². The minimum Gasteiger partial charge on any atom is -0.266 e. The van der Waals surface area contributed by atoms with Gasteiger partial charge in [-0.3, -0.25) is 19.6 Å². The Hall–Kier alpha value is -3.33. The van der Waals surface area contributed by atoms with Gasteiger partial charge in [-0.15, -0.1) is 0 Å².